The number of nitrogens with zero attached hydrogens (tertiary/aromatic N) is 5. The summed E-state index contributed by atoms with van der Waals surface area (Å²) < 4.78 is 27.2. The van der Waals surface area contributed by atoms with Gasteiger partial charge >= 0.3 is 6.09 Å². The molecule has 0 radical (unpaired) electrons. The molecule has 1 N–H and O–H groups in total. The van der Waals surface area contributed by atoms with E-state index in [0.29, 0.717) is 79.6 Å². The summed E-state index contributed by atoms with van der Waals surface area (Å²) in [6, 6.07) is 11.9. The molecule has 2 aromatic carbocycles. The molecule has 4 atom stereocenters. The molecule has 1 aromatic heterocycles. The zero-order chi connectivity index (χ0) is 35.7. The number of carbonyl (C=O) groups excluding carboxylic acids is 3. The highest BCUT2D eigenvalue weighted by Crippen LogP contribution is 2.73. The molecule has 0 spiro atoms. The maximum absolute atomic E-state index is 15.0. The number of H-pyrrole nitrogens is 1. The number of rotatable bonds is 7. The molecule has 8 rings (SSSR count). The van der Waals surface area contributed by atoms with Gasteiger partial charge in [-0.1, -0.05) is 24.3 Å². The molecule has 3 saturated heterocycles. The molecule has 2 saturated carbocycles. The first-order chi connectivity index (χ1) is 24.4. The average molecular weight is 701 g/mol. The molecule has 3 aromatic rings. The zero-order valence-corrected chi connectivity index (χ0v) is 29.4. The number of nitrogens with one attached hydrogen (secondary N) is 1. The molecule has 5 fully saturated rings. The molecule has 13 heteroatoms. The first-order valence-corrected chi connectivity index (χ1v) is 18.1. The minimum Gasteiger partial charge on any atom is -0.444 e. The number of carbonyl (C=O) groups is 3. The summed E-state index contributed by atoms with van der Waals surface area (Å²) >= 11 is 0. The van der Waals surface area contributed by atoms with Crippen molar-refractivity contribution in [2.45, 2.75) is 69.8 Å². The number of likely N-dealkylation sites (tertiary alicyclic amines) is 2. The quantitative estimate of drug-likeness (QED) is 0.398. The number of ether oxygens (including phenoxy) is 2. The minimum absolute atomic E-state index is 0.0155. The van der Waals surface area contributed by atoms with E-state index in [2.05, 4.69) is 15.1 Å². The van der Waals surface area contributed by atoms with Crippen molar-refractivity contribution >= 4 is 28.7 Å². The van der Waals surface area contributed by atoms with Gasteiger partial charge in [0.25, 0.3) is 11.5 Å². The highest BCUT2D eigenvalue weighted by Gasteiger charge is 2.83. The van der Waals surface area contributed by atoms with Gasteiger partial charge in [-0.2, -0.15) is 5.10 Å². The topological polar surface area (TPSA) is 128 Å². The standard InChI is InChI=1S/C38H45FN6O6/c1-37(2,3)51-36(49)45-21-28-33-31(45)20-38(28,33)50-24-10-12-42(13-11-24)22-32(46)43-14-16-44(17-15-43)35(48)27-18-23(8-9-29(27)39)19-30-25-6-4-5-7-26(25)34(47)41-40-30/h4-9,18,24,28,31,33H,10-17,19-22H2,1-3H3,(H,41,47)/t28?,31?,33?,38-/m1/s1. The summed E-state index contributed by atoms with van der Waals surface area (Å²) in [5.74, 6) is -0.137. The molecule has 0 bridgehead atoms. The molecule has 51 heavy (non-hydrogen) atoms. The van der Waals surface area contributed by atoms with Crippen LogP contribution in [0.25, 0.3) is 10.8 Å². The van der Waals surface area contributed by atoms with Crippen LogP contribution in [-0.2, 0) is 20.7 Å². The van der Waals surface area contributed by atoms with Crippen LogP contribution in [0, 0.1) is 17.7 Å². The largest absolute Gasteiger partial charge is 0.444 e. The van der Waals surface area contributed by atoms with Crippen LogP contribution in [0.5, 0.6) is 0 Å². The number of hydrogen-bond donors (Lipinski definition) is 1. The van der Waals surface area contributed by atoms with Crippen LogP contribution >= 0.6 is 0 Å². The van der Waals surface area contributed by atoms with Gasteiger partial charge in [0.05, 0.1) is 34.9 Å². The van der Waals surface area contributed by atoms with Crippen molar-refractivity contribution in [3.63, 3.8) is 0 Å². The summed E-state index contributed by atoms with van der Waals surface area (Å²) in [6.07, 6.45) is 2.90. The van der Waals surface area contributed by atoms with Gasteiger partial charge in [0.2, 0.25) is 5.91 Å². The second-order valence-electron chi connectivity index (χ2n) is 15.8. The number of hydrogen-bond acceptors (Lipinski definition) is 8. The first-order valence-electron chi connectivity index (χ1n) is 18.1. The summed E-state index contributed by atoms with van der Waals surface area (Å²) in [5, 5.41) is 7.97. The van der Waals surface area contributed by atoms with Crippen LogP contribution in [0.3, 0.4) is 0 Å². The number of aromatic amines is 1. The highest BCUT2D eigenvalue weighted by molar-refractivity contribution is 5.95. The Labute approximate surface area is 295 Å². The van der Waals surface area contributed by atoms with Crippen molar-refractivity contribution in [3.05, 3.63) is 75.5 Å². The van der Waals surface area contributed by atoms with Crippen LogP contribution in [0.2, 0.25) is 0 Å². The Morgan fingerprint density at radius 1 is 0.980 bits per heavy atom. The van der Waals surface area contributed by atoms with Gasteiger partial charge in [-0.15, -0.1) is 0 Å². The van der Waals surface area contributed by atoms with E-state index < -0.39 is 17.3 Å². The number of piperidine rings is 3. The van der Waals surface area contributed by atoms with Crippen LogP contribution in [0.1, 0.15) is 61.6 Å². The average Bonchev–Trinajstić information content (AvgIpc) is 3.39. The Bertz CT molecular complexity index is 1920. The fourth-order valence-corrected chi connectivity index (χ4v) is 8.82. The Morgan fingerprint density at radius 2 is 1.69 bits per heavy atom. The second-order valence-corrected chi connectivity index (χ2v) is 15.8. The van der Waals surface area contributed by atoms with Crippen molar-refractivity contribution in [1.29, 1.82) is 0 Å². The molecule has 5 aliphatic rings. The predicted octanol–water partition coefficient (Wildman–Crippen LogP) is 3.43. The number of amides is 3. The number of fused-ring (bicyclic) bond motifs is 2. The van der Waals surface area contributed by atoms with Crippen molar-refractivity contribution in [3.8, 4) is 0 Å². The van der Waals surface area contributed by atoms with E-state index in [1.54, 1.807) is 34.1 Å². The molecule has 3 amide bonds. The molecular weight excluding hydrogens is 655 g/mol. The lowest BCUT2D eigenvalue weighted by atomic mass is 9.87. The fraction of sp³-hybridized carbons (Fsp3) is 0.553. The third kappa shape index (κ3) is 6.28. The lowest BCUT2D eigenvalue weighted by Gasteiger charge is -2.45. The van der Waals surface area contributed by atoms with E-state index in [-0.39, 0.29) is 40.9 Å². The number of halogens is 1. The van der Waals surface area contributed by atoms with E-state index >= 15 is 0 Å². The van der Waals surface area contributed by atoms with Gasteiger partial charge in [0, 0.05) is 75.5 Å². The fourth-order valence-electron chi connectivity index (χ4n) is 8.82. The summed E-state index contributed by atoms with van der Waals surface area (Å²) in [6.45, 7) is 9.73. The Morgan fingerprint density at radius 3 is 2.35 bits per heavy atom. The summed E-state index contributed by atoms with van der Waals surface area (Å²) in [4.78, 5) is 59.0. The molecule has 270 valence electrons. The molecule has 2 aliphatic carbocycles. The monoisotopic (exact) mass is 700 g/mol. The van der Waals surface area contributed by atoms with E-state index in [9.17, 15) is 23.6 Å². The van der Waals surface area contributed by atoms with E-state index in [4.69, 9.17) is 9.47 Å². The van der Waals surface area contributed by atoms with Gasteiger partial charge in [0.15, 0.2) is 0 Å². The number of aromatic nitrogens is 2. The minimum atomic E-state index is -0.599. The van der Waals surface area contributed by atoms with Crippen molar-refractivity contribution in [2.24, 2.45) is 11.8 Å². The molecule has 4 heterocycles. The smallest absolute Gasteiger partial charge is 0.410 e. The SMILES string of the molecule is CC(C)(C)OC(=O)N1CC2C3C1C[C@@]23OC1CCN(CC(=O)N2CCN(C(=O)c3cc(Cc4n[nH]c(=O)c5ccccc45)ccc3F)CC2)CC1. The maximum Gasteiger partial charge on any atom is 0.410 e. The van der Waals surface area contributed by atoms with Crippen LogP contribution in [0.15, 0.2) is 47.3 Å². The van der Waals surface area contributed by atoms with Crippen molar-refractivity contribution in [2.75, 3.05) is 52.4 Å². The van der Waals surface area contributed by atoms with Gasteiger partial charge in [-0.3, -0.25) is 19.3 Å². The predicted molar refractivity (Wildman–Crippen MR) is 186 cm³/mol. The van der Waals surface area contributed by atoms with Gasteiger partial charge in [-0.25, -0.2) is 14.3 Å². The lowest BCUT2D eigenvalue weighted by Crippen LogP contribution is -2.56. The third-order valence-electron chi connectivity index (χ3n) is 11.5. The molecule has 3 unspecified atom stereocenters. The van der Waals surface area contributed by atoms with Crippen molar-refractivity contribution < 1.29 is 28.2 Å². The van der Waals surface area contributed by atoms with Crippen LogP contribution < -0.4 is 5.56 Å². The normalized spacial score (nSPS) is 26.2. The van der Waals surface area contributed by atoms with E-state index in [1.807, 2.05) is 37.8 Å². The van der Waals surface area contributed by atoms with E-state index in [1.165, 1.54) is 6.07 Å². The van der Waals surface area contributed by atoms with Crippen LogP contribution in [0.4, 0.5) is 9.18 Å². The lowest BCUT2D eigenvalue weighted by molar-refractivity contribution is -0.140. The van der Waals surface area contributed by atoms with E-state index in [0.717, 1.165) is 32.4 Å². The first kappa shape index (κ1) is 33.8. The number of piperazine rings is 1. The molecular formula is C38H45FN6O6. The molecule has 12 nitrogen and oxygen atoms in total. The van der Waals surface area contributed by atoms with Gasteiger partial charge in [0.1, 0.15) is 11.4 Å². The maximum atomic E-state index is 15.0. The highest BCUT2D eigenvalue weighted by atomic mass is 19.1. The van der Waals surface area contributed by atoms with Crippen molar-refractivity contribution in [1.82, 2.24) is 29.8 Å². The Balaban J connectivity index is 0.788. The zero-order valence-electron chi connectivity index (χ0n) is 29.4. The van der Waals surface area contributed by atoms with Gasteiger partial charge in [-0.05, 0) is 63.8 Å². The Hall–Kier alpha value is -4.36. The Kier molecular flexibility index (Phi) is 8.41. The molecule has 3 aliphatic heterocycles. The van der Waals surface area contributed by atoms with Gasteiger partial charge < -0.3 is 24.2 Å². The summed E-state index contributed by atoms with van der Waals surface area (Å²) in [5.41, 5.74) is 0.478. The summed E-state index contributed by atoms with van der Waals surface area (Å²) in [7, 11) is 0. The second kappa shape index (κ2) is 12.7. The number of benzene rings is 2. The van der Waals surface area contributed by atoms with Crippen LogP contribution in [-0.4, -0.2) is 123 Å². The third-order valence-corrected chi connectivity index (χ3v) is 11.5.